The Labute approximate surface area is 167 Å². The van der Waals surface area contributed by atoms with Gasteiger partial charge in [-0.2, -0.15) is 9.80 Å². The second kappa shape index (κ2) is 7.79. The fourth-order valence-corrected chi connectivity index (χ4v) is 2.71. The van der Waals surface area contributed by atoms with Crippen LogP contribution in [0.25, 0.3) is 0 Å². The van der Waals surface area contributed by atoms with Crippen LogP contribution in [0.2, 0.25) is 0 Å². The summed E-state index contributed by atoms with van der Waals surface area (Å²) in [5, 5.41) is 13.7. The summed E-state index contributed by atoms with van der Waals surface area (Å²) in [4.78, 5) is 83.7. The number of nitrogens with zero attached hydrogens (tertiary/aromatic N) is 2. The molecule has 30 heavy (non-hydrogen) atoms. The predicted molar refractivity (Wildman–Crippen MR) is 95.2 cm³/mol. The Hall–Kier alpha value is -4.61. The van der Waals surface area contributed by atoms with Crippen LogP contribution in [-0.2, 0) is 19.2 Å². The number of nitrogens with one attached hydrogen (secondary N) is 2. The van der Waals surface area contributed by atoms with Crippen molar-refractivity contribution in [1.29, 1.82) is 0 Å². The minimum absolute atomic E-state index is 0.134. The summed E-state index contributed by atoms with van der Waals surface area (Å²) in [7, 11) is 0. The van der Waals surface area contributed by atoms with Crippen molar-refractivity contribution in [2.24, 2.45) is 0 Å². The van der Waals surface area contributed by atoms with E-state index >= 15 is 0 Å². The first-order valence-corrected chi connectivity index (χ1v) is 8.26. The molecule has 3 rings (SSSR count). The van der Waals surface area contributed by atoms with Crippen LogP contribution in [0.4, 0.5) is 9.59 Å². The quantitative estimate of drug-likeness (QED) is 0.445. The molecule has 3 N–H and O–H groups in total. The maximum atomic E-state index is 12.4. The van der Waals surface area contributed by atoms with Crippen molar-refractivity contribution < 1.29 is 38.7 Å². The van der Waals surface area contributed by atoms with Crippen LogP contribution in [0.5, 0.6) is 0 Å². The van der Waals surface area contributed by atoms with Crippen LogP contribution in [-0.4, -0.2) is 56.6 Å². The number of urea groups is 2. The molecule has 0 aliphatic carbocycles. The van der Waals surface area contributed by atoms with Crippen molar-refractivity contribution in [3.63, 3.8) is 0 Å². The number of carboxylic acid groups (broad SMARTS) is 1. The first-order valence-electron chi connectivity index (χ1n) is 8.26. The lowest BCUT2D eigenvalue weighted by Crippen LogP contribution is -2.52. The van der Waals surface area contributed by atoms with Gasteiger partial charge < -0.3 is 15.7 Å². The average Bonchev–Trinajstić information content (AvgIpc) is 3.21. The summed E-state index contributed by atoms with van der Waals surface area (Å²) in [5.74, 6) is -5.16. The molecule has 2 aliphatic heterocycles. The number of benzene rings is 1. The first kappa shape index (κ1) is 20.1. The molecule has 0 saturated heterocycles. The Balaban J connectivity index is 1.92. The lowest BCUT2D eigenvalue weighted by molar-refractivity contribution is -0.134. The molecule has 0 atom stereocenters. The number of carbonyl (C=O) groups is 7. The van der Waals surface area contributed by atoms with E-state index in [0.29, 0.717) is 0 Å². The molecular formula is C18H12N4O8. The monoisotopic (exact) mass is 412 g/mol. The molecule has 2 aliphatic rings. The number of amides is 8. The second-order valence-electron chi connectivity index (χ2n) is 5.91. The highest BCUT2D eigenvalue weighted by Crippen LogP contribution is 2.18. The third kappa shape index (κ3) is 3.69. The van der Waals surface area contributed by atoms with Gasteiger partial charge in [0.05, 0.1) is 5.56 Å². The maximum absolute atomic E-state index is 12.4. The zero-order chi connectivity index (χ0) is 22.0. The highest BCUT2D eigenvalue weighted by molar-refractivity contribution is 6.23. The summed E-state index contributed by atoms with van der Waals surface area (Å²) in [5.41, 5.74) is -0.455. The Bertz CT molecular complexity index is 982. The Morgan fingerprint density at radius 1 is 0.733 bits per heavy atom. The van der Waals surface area contributed by atoms with Gasteiger partial charge in [-0.15, -0.1) is 0 Å². The van der Waals surface area contributed by atoms with Gasteiger partial charge in [0.2, 0.25) is 0 Å². The van der Waals surface area contributed by atoms with E-state index in [1.165, 1.54) is 24.3 Å². The Morgan fingerprint density at radius 2 is 1.13 bits per heavy atom. The SMILES string of the molecule is O=C(O)c1ccccc1C(NC(=O)N1C(=O)C=CC1=O)NC(=O)N1C(=O)C=CC1=O. The first-order chi connectivity index (χ1) is 14.2. The van der Waals surface area contributed by atoms with Gasteiger partial charge in [0, 0.05) is 29.9 Å². The van der Waals surface area contributed by atoms with Crippen LogP contribution < -0.4 is 10.6 Å². The molecule has 1 aromatic rings. The molecule has 0 saturated carbocycles. The number of aromatic carboxylic acids is 1. The average molecular weight is 412 g/mol. The Kier molecular flexibility index (Phi) is 5.23. The van der Waals surface area contributed by atoms with Gasteiger partial charge in [-0.3, -0.25) is 19.2 Å². The van der Waals surface area contributed by atoms with Gasteiger partial charge in [0.15, 0.2) is 0 Å². The number of carbonyl (C=O) groups excluding carboxylic acids is 6. The van der Waals surface area contributed by atoms with Crippen molar-refractivity contribution in [2.75, 3.05) is 0 Å². The summed E-state index contributed by atoms with van der Waals surface area (Å²) >= 11 is 0. The summed E-state index contributed by atoms with van der Waals surface area (Å²) in [6, 6.07) is 2.74. The lowest BCUT2D eigenvalue weighted by Gasteiger charge is -2.25. The van der Waals surface area contributed by atoms with Gasteiger partial charge in [0.1, 0.15) is 6.17 Å². The van der Waals surface area contributed by atoms with Gasteiger partial charge in [-0.05, 0) is 6.07 Å². The molecular weight excluding hydrogens is 400 g/mol. The van der Waals surface area contributed by atoms with E-state index in [1.54, 1.807) is 0 Å². The molecule has 2 heterocycles. The molecule has 152 valence electrons. The minimum Gasteiger partial charge on any atom is -0.478 e. The normalized spacial score (nSPS) is 15.4. The fraction of sp³-hybridized carbons (Fsp3) is 0.0556. The summed E-state index contributed by atoms with van der Waals surface area (Å²) in [6.07, 6.45) is 1.81. The van der Waals surface area contributed by atoms with E-state index in [9.17, 15) is 38.7 Å². The fourth-order valence-electron chi connectivity index (χ4n) is 2.71. The molecule has 12 heteroatoms. The molecule has 0 unspecified atom stereocenters. The number of carboxylic acids is 1. The standard InChI is InChI=1S/C18H12N4O8/c23-11-5-6-12(24)21(11)17(29)19-15(9-3-1-2-4-10(9)16(27)28)20-18(30)22-13(25)7-8-14(22)26/h1-8,15H,(H,19,29)(H,20,30)(H,27,28). The lowest BCUT2D eigenvalue weighted by atomic mass is 10.0. The Morgan fingerprint density at radius 3 is 1.53 bits per heavy atom. The number of hydrogen-bond donors (Lipinski definition) is 3. The van der Waals surface area contributed by atoms with Crippen molar-refractivity contribution in [3.8, 4) is 0 Å². The van der Waals surface area contributed by atoms with Gasteiger partial charge in [-0.1, -0.05) is 18.2 Å². The molecule has 0 aromatic heterocycles. The van der Waals surface area contributed by atoms with Crippen LogP contribution >= 0.6 is 0 Å². The van der Waals surface area contributed by atoms with Crippen LogP contribution in [0.3, 0.4) is 0 Å². The molecule has 0 fully saturated rings. The van der Waals surface area contributed by atoms with E-state index in [2.05, 4.69) is 10.6 Å². The molecule has 1 aromatic carbocycles. The van der Waals surface area contributed by atoms with Crippen molar-refractivity contribution in [2.45, 2.75) is 6.17 Å². The van der Waals surface area contributed by atoms with Crippen molar-refractivity contribution >= 4 is 41.7 Å². The number of rotatable bonds is 4. The highest BCUT2D eigenvalue weighted by Gasteiger charge is 2.35. The van der Waals surface area contributed by atoms with Gasteiger partial charge in [-0.25, -0.2) is 14.4 Å². The molecule has 12 nitrogen and oxygen atoms in total. The third-order valence-corrected chi connectivity index (χ3v) is 4.06. The van der Waals surface area contributed by atoms with Crippen LogP contribution in [0, 0.1) is 0 Å². The topological polar surface area (TPSA) is 170 Å². The second-order valence-corrected chi connectivity index (χ2v) is 5.91. The summed E-state index contributed by atoms with van der Waals surface area (Å²) < 4.78 is 0. The largest absolute Gasteiger partial charge is 0.478 e. The van der Waals surface area contributed by atoms with Gasteiger partial charge in [0.25, 0.3) is 23.6 Å². The van der Waals surface area contributed by atoms with Crippen LogP contribution in [0.1, 0.15) is 22.1 Å². The van der Waals surface area contributed by atoms with E-state index in [-0.39, 0.29) is 20.9 Å². The van der Waals surface area contributed by atoms with E-state index in [1.807, 2.05) is 0 Å². The smallest absolute Gasteiger partial charge is 0.336 e. The third-order valence-electron chi connectivity index (χ3n) is 4.06. The predicted octanol–water partition coefficient (Wildman–Crippen LogP) is -0.347. The zero-order valence-electron chi connectivity index (χ0n) is 14.9. The number of imide groups is 6. The van der Waals surface area contributed by atoms with E-state index < -0.39 is 47.8 Å². The molecule has 0 spiro atoms. The zero-order valence-corrected chi connectivity index (χ0v) is 14.9. The van der Waals surface area contributed by atoms with Gasteiger partial charge >= 0.3 is 18.0 Å². The highest BCUT2D eigenvalue weighted by atomic mass is 16.4. The summed E-state index contributed by atoms with van der Waals surface area (Å²) in [6.45, 7) is 0. The molecule has 0 radical (unpaired) electrons. The van der Waals surface area contributed by atoms with Crippen LogP contribution in [0.15, 0.2) is 48.6 Å². The van der Waals surface area contributed by atoms with Crippen molar-refractivity contribution in [3.05, 3.63) is 59.7 Å². The number of hydrogen-bond acceptors (Lipinski definition) is 7. The molecule has 8 amide bonds. The van der Waals surface area contributed by atoms with E-state index in [4.69, 9.17) is 0 Å². The maximum Gasteiger partial charge on any atom is 0.336 e. The molecule has 0 bridgehead atoms. The van der Waals surface area contributed by atoms with E-state index in [0.717, 1.165) is 24.3 Å². The minimum atomic E-state index is -1.61. The van der Waals surface area contributed by atoms with Crippen molar-refractivity contribution in [1.82, 2.24) is 20.4 Å².